The predicted octanol–water partition coefficient (Wildman–Crippen LogP) is 12.3. The van der Waals surface area contributed by atoms with E-state index >= 15 is 0 Å². The maximum Gasteiger partial charge on any atom is 0.161 e. The van der Waals surface area contributed by atoms with Crippen molar-refractivity contribution in [1.82, 2.24) is 9.97 Å². The van der Waals surface area contributed by atoms with Gasteiger partial charge in [-0.25, -0.2) is 9.97 Å². The monoisotopic (exact) mass is 610 g/mol. The van der Waals surface area contributed by atoms with E-state index in [4.69, 9.17) is 9.97 Å². The predicted molar refractivity (Wildman–Crippen MR) is 202 cm³/mol. The summed E-state index contributed by atoms with van der Waals surface area (Å²) < 4.78 is 0. The number of hydrogen-bond acceptors (Lipinski definition) is 2. The van der Waals surface area contributed by atoms with Gasteiger partial charge in [0.25, 0.3) is 0 Å². The molecule has 0 radical (unpaired) electrons. The highest BCUT2D eigenvalue weighted by Crippen LogP contribution is 2.37. The highest BCUT2D eigenvalue weighted by molar-refractivity contribution is 6.10. The Hall–Kier alpha value is -6.38. The Bertz CT molecular complexity index is 2610. The van der Waals surface area contributed by atoms with Crippen LogP contribution in [0.25, 0.3) is 88.5 Å². The zero-order chi connectivity index (χ0) is 31.9. The van der Waals surface area contributed by atoms with E-state index in [0.29, 0.717) is 0 Å². The topological polar surface area (TPSA) is 25.8 Å². The number of benzene rings is 8. The fourth-order valence-electron chi connectivity index (χ4n) is 6.86. The largest absolute Gasteiger partial charge is 0.227 e. The molecule has 9 aromatic rings. The van der Waals surface area contributed by atoms with Gasteiger partial charge in [-0.2, -0.15) is 0 Å². The van der Waals surface area contributed by atoms with E-state index in [-0.39, 0.29) is 0 Å². The van der Waals surface area contributed by atoms with Crippen LogP contribution >= 0.6 is 0 Å². The Morgan fingerprint density at radius 2 is 0.771 bits per heavy atom. The second-order valence-corrected chi connectivity index (χ2v) is 12.2. The second kappa shape index (κ2) is 11.8. The molecule has 0 fully saturated rings. The van der Waals surface area contributed by atoms with Crippen LogP contribution < -0.4 is 0 Å². The van der Waals surface area contributed by atoms with Gasteiger partial charge in [-0.3, -0.25) is 0 Å². The van der Waals surface area contributed by atoms with Gasteiger partial charge < -0.3 is 0 Å². The minimum Gasteiger partial charge on any atom is -0.227 e. The van der Waals surface area contributed by atoms with E-state index in [9.17, 15) is 0 Å². The quantitative estimate of drug-likeness (QED) is 0.181. The molecule has 0 aliphatic rings. The van der Waals surface area contributed by atoms with Gasteiger partial charge in [0.1, 0.15) is 0 Å². The minimum absolute atomic E-state index is 0.733. The average molecular weight is 611 g/mol. The molecule has 2 heteroatoms. The van der Waals surface area contributed by atoms with Crippen LogP contribution in [0.3, 0.4) is 0 Å². The molecule has 0 N–H and O–H groups in total. The zero-order valence-electron chi connectivity index (χ0n) is 26.2. The molecule has 9 rings (SSSR count). The van der Waals surface area contributed by atoms with Gasteiger partial charge >= 0.3 is 0 Å². The Morgan fingerprint density at radius 3 is 1.46 bits per heavy atom. The van der Waals surface area contributed by atoms with Crippen molar-refractivity contribution < 1.29 is 0 Å². The molecular formula is C46H30N2. The summed E-state index contributed by atoms with van der Waals surface area (Å²) in [5, 5.41) is 5.66. The highest BCUT2D eigenvalue weighted by atomic mass is 14.9. The highest BCUT2D eigenvalue weighted by Gasteiger charge is 2.16. The molecule has 0 aliphatic heterocycles. The lowest BCUT2D eigenvalue weighted by molar-refractivity contribution is 1.24. The molecule has 0 saturated carbocycles. The fourth-order valence-corrected chi connectivity index (χ4v) is 6.86. The summed E-state index contributed by atoms with van der Waals surface area (Å²) in [5.74, 6) is 0.733. The van der Waals surface area contributed by atoms with Crippen LogP contribution in [0.5, 0.6) is 0 Å². The van der Waals surface area contributed by atoms with Gasteiger partial charge in [-0.15, -0.1) is 0 Å². The molecule has 0 atom stereocenters. The van der Waals surface area contributed by atoms with Crippen molar-refractivity contribution in [2.45, 2.75) is 0 Å². The third-order valence-corrected chi connectivity index (χ3v) is 9.26. The van der Waals surface area contributed by atoms with E-state index in [2.05, 4.69) is 182 Å². The van der Waals surface area contributed by atoms with Crippen LogP contribution in [0.15, 0.2) is 182 Å². The van der Waals surface area contributed by atoms with E-state index in [1.807, 2.05) is 0 Å². The Kier molecular flexibility index (Phi) is 6.84. The maximum atomic E-state index is 5.33. The molecule has 0 bridgehead atoms. The van der Waals surface area contributed by atoms with E-state index < -0.39 is 0 Å². The van der Waals surface area contributed by atoms with Crippen LogP contribution in [-0.4, -0.2) is 9.97 Å². The summed E-state index contributed by atoms with van der Waals surface area (Å²) in [5.41, 5.74) is 11.1. The van der Waals surface area contributed by atoms with E-state index in [1.54, 1.807) is 0 Å². The molecule has 224 valence electrons. The fraction of sp³-hybridized carbons (Fsp3) is 0. The second-order valence-electron chi connectivity index (χ2n) is 12.2. The Labute approximate surface area is 279 Å². The van der Waals surface area contributed by atoms with Crippen LogP contribution in [-0.2, 0) is 0 Å². The third kappa shape index (κ3) is 5.01. The first-order valence-electron chi connectivity index (χ1n) is 16.3. The van der Waals surface area contributed by atoms with Gasteiger partial charge in [0.2, 0.25) is 0 Å². The lowest BCUT2D eigenvalue weighted by Crippen LogP contribution is -1.97. The standard InChI is InChI=1S/C46H30N2/c1-2-12-31(13-3-1)34-17-8-18-35(28-34)36-19-9-20-37(29-36)38-21-10-22-39(30-38)44-43-27-26-33-15-5-7-24-41(33)45(43)48-46(47-44)42-25-11-16-32-14-4-6-23-40(32)42/h1-30H. The molecule has 0 spiro atoms. The summed E-state index contributed by atoms with van der Waals surface area (Å²) in [6.45, 7) is 0. The van der Waals surface area contributed by atoms with Gasteiger partial charge in [0.15, 0.2) is 5.82 Å². The van der Waals surface area contributed by atoms with Crippen LogP contribution in [0.2, 0.25) is 0 Å². The lowest BCUT2D eigenvalue weighted by Gasteiger charge is -2.14. The lowest BCUT2D eigenvalue weighted by atomic mass is 9.94. The molecule has 1 aromatic heterocycles. The molecule has 48 heavy (non-hydrogen) atoms. The zero-order valence-corrected chi connectivity index (χ0v) is 26.2. The first-order valence-corrected chi connectivity index (χ1v) is 16.3. The summed E-state index contributed by atoms with van der Waals surface area (Å²) >= 11 is 0. The molecule has 0 amide bonds. The maximum absolute atomic E-state index is 5.33. The number of aromatic nitrogens is 2. The van der Waals surface area contributed by atoms with Gasteiger partial charge in [0.05, 0.1) is 11.2 Å². The smallest absolute Gasteiger partial charge is 0.161 e. The third-order valence-electron chi connectivity index (χ3n) is 9.26. The van der Waals surface area contributed by atoms with Crippen molar-refractivity contribution in [3.8, 4) is 56.0 Å². The molecule has 0 aliphatic carbocycles. The van der Waals surface area contributed by atoms with Crippen molar-refractivity contribution >= 4 is 32.4 Å². The summed E-state index contributed by atoms with van der Waals surface area (Å²) in [7, 11) is 0. The van der Waals surface area contributed by atoms with Crippen molar-refractivity contribution in [3.63, 3.8) is 0 Å². The number of fused-ring (bicyclic) bond motifs is 4. The van der Waals surface area contributed by atoms with Crippen LogP contribution in [0.1, 0.15) is 0 Å². The number of rotatable bonds is 5. The normalized spacial score (nSPS) is 11.3. The molecule has 0 unspecified atom stereocenters. The summed E-state index contributed by atoms with van der Waals surface area (Å²) in [6.07, 6.45) is 0. The summed E-state index contributed by atoms with van der Waals surface area (Å²) in [4.78, 5) is 10.6. The Balaban J connectivity index is 1.19. The summed E-state index contributed by atoms with van der Waals surface area (Å²) in [6, 6.07) is 64.6. The minimum atomic E-state index is 0.733. The number of hydrogen-bond donors (Lipinski definition) is 0. The van der Waals surface area contributed by atoms with Crippen molar-refractivity contribution in [1.29, 1.82) is 0 Å². The molecule has 8 aromatic carbocycles. The number of nitrogens with zero attached hydrogens (tertiary/aromatic N) is 2. The molecule has 0 saturated heterocycles. The van der Waals surface area contributed by atoms with Crippen molar-refractivity contribution in [2.24, 2.45) is 0 Å². The van der Waals surface area contributed by atoms with E-state index in [0.717, 1.165) is 55.4 Å². The van der Waals surface area contributed by atoms with Crippen molar-refractivity contribution in [2.75, 3.05) is 0 Å². The van der Waals surface area contributed by atoms with Gasteiger partial charge in [-0.05, 0) is 73.8 Å². The van der Waals surface area contributed by atoms with Crippen molar-refractivity contribution in [3.05, 3.63) is 182 Å². The molecule has 2 nitrogen and oxygen atoms in total. The Morgan fingerprint density at radius 1 is 0.292 bits per heavy atom. The van der Waals surface area contributed by atoms with Crippen LogP contribution in [0.4, 0.5) is 0 Å². The SMILES string of the molecule is c1ccc(-c2cccc(-c3cccc(-c4cccc(-c5nc(-c6cccc7ccccc67)nc6c5ccc5ccccc56)c4)c3)c2)cc1. The van der Waals surface area contributed by atoms with Gasteiger partial charge in [0, 0.05) is 21.9 Å². The van der Waals surface area contributed by atoms with Gasteiger partial charge in [-0.1, -0.05) is 158 Å². The average Bonchev–Trinajstić information content (AvgIpc) is 3.17. The molecular weight excluding hydrogens is 581 g/mol. The first kappa shape index (κ1) is 27.9. The van der Waals surface area contributed by atoms with Crippen LogP contribution in [0, 0.1) is 0 Å². The first-order chi connectivity index (χ1) is 23.8. The molecule has 1 heterocycles. The van der Waals surface area contributed by atoms with E-state index in [1.165, 1.54) is 33.0 Å².